The molecule has 5 rings (SSSR count). The van der Waals surface area contributed by atoms with Crippen LogP contribution in [0.2, 0.25) is 0 Å². The number of para-hydroxylation sites is 1. The summed E-state index contributed by atoms with van der Waals surface area (Å²) in [6, 6.07) is 13.4. The Labute approximate surface area is 219 Å². The highest BCUT2D eigenvalue weighted by Crippen LogP contribution is 2.26. The van der Waals surface area contributed by atoms with Crippen molar-refractivity contribution in [2.24, 2.45) is 0 Å². The monoisotopic (exact) mass is 529 g/mol. The fourth-order valence-corrected chi connectivity index (χ4v) is 7.24. The fourth-order valence-electron chi connectivity index (χ4n) is 5.72. The van der Waals surface area contributed by atoms with E-state index in [9.17, 15) is 17.6 Å². The lowest BCUT2D eigenvalue weighted by atomic mass is 9.98. The van der Waals surface area contributed by atoms with Crippen LogP contribution in [0.4, 0.5) is 4.39 Å². The molecule has 0 bridgehead atoms. The van der Waals surface area contributed by atoms with Crippen LogP contribution in [0.5, 0.6) is 5.75 Å². The summed E-state index contributed by atoms with van der Waals surface area (Å²) in [6.07, 6.45) is 6.42. The van der Waals surface area contributed by atoms with Gasteiger partial charge in [-0.15, -0.1) is 0 Å². The molecule has 3 saturated heterocycles. The number of hydrogen-bond acceptors (Lipinski definition) is 5. The van der Waals surface area contributed by atoms with Gasteiger partial charge in [0.15, 0.2) is 11.6 Å². The van der Waals surface area contributed by atoms with Crippen molar-refractivity contribution in [3.8, 4) is 5.75 Å². The zero-order valence-electron chi connectivity index (χ0n) is 21.2. The summed E-state index contributed by atoms with van der Waals surface area (Å²) in [7, 11) is -3.50. The van der Waals surface area contributed by atoms with E-state index in [1.54, 1.807) is 46.8 Å². The van der Waals surface area contributed by atoms with Crippen LogP contribution in [0.3, 0.4) is 0 Å². The average molecular weight is 530 g/mol. The number of piperidine rings is 3. The molecule has 0 spiro atoms. The molecule has 3 aliphatic heterocycles. The van der Waals surface area contributed by atoms with E-state index in [1.807, 2.05) is 4.90 Å². The minimum Gasteiger partial charge on any atom is -0.487 e. The predicted octanol–water partition coefficient (Wildman–Crippen LogP) is 4.15. The number of benzene rings is 2. The lowest BCUT2D eigenvalue weighted by molar-refractivity contribution is 0.0416. The Morgan fingerprint density at radius 2 is 1.46 bits per heavy atom. The van der Waals surface area contributed by atoms with Gasteiger partial charge in [-0.2, -0.15) is 4.31 Å². The van der Waals surface area contributed by atoms with E-state index in [0.717, 1.165) is 58.0 Å². The molecule has 0 saturated carbocycles. The van der Waals surface area contributed by atoms with E-state index < -0.39 is 10.0 Å². The summed E-state index contributed by atoms with van der Waals surface area (Å²) in [6.45, 7) is 4.31. The Morgan fingerprint density at radius 3 is 2.11 bits per heavy atom. The first-order chi connectivity index (χ1) is 17.9. The van der Waals surface area contributed by atoms with Crippen LogP contribution < -0.4 is 4.74 Å². The molecule has 3 aliphatic rings. The quantitative estimate of drug-likeness (QED) is 0.563. The second-order valence-electron chi connectivity index (χ2n) is 10.3. The van der Waals surface area contributed by atoms with E-state index in [2.05, 4.69) is 4.90 Å². The predicted molar refractivity (Wildman–Crippen MR) is 140 cm³/mol. The molecule has 9 heteroatoms. The molecule has 0 radical (unpaired) electrons. The third-order valence-corrected chi connectivity index (χ3v) is 9.84. The van der Waals surface area contributed by atoms with Gasteiger partial charge >= 0.3 is 0 Å². The largest absolute Gasteiger partial charge is 0.487 e. The number of amides is 1. The number of likely N-dealkylation sites (tertiary alicyclic amines) is 2. The smallest absolute Gasteiger partial charge is 0.253 e. The second kappa shape index (κ2) is 11.5. The number of nitrogens with zero attached hydrogens (tertiary/aromatic N) is 3. The summed E-state index contributed by atoms with van der Waals surface area (Å²) in [5.41, 5.74) is 0.530. The summed E-state index contributed by atoms with van der Waals surface area (Å²) >= 11 is 0. The van der Waals surface area contributed by atoms with Crippen LogP contribution in [0.1, 0.15) is 55.3 Å². The highest BCUT2D eigenvalue weighted by atomic mass is 32.2. The van der Waals surface area contributed by atoms with Crippen LogP contribution in [0, 0.1) is 5.82 Å². The fraction of sp³-hybridized carbons (Fsp3) is 0.536. The van der Waals surface area contributed by atoms with E-state index >= 15 is 0 Å². The first-order valence-electron chi connectivity index (χ1n) is 13.5. The normalized spacial score (nSPS) is 21.2. The summed E-state index contributed by atoms with van der Waals surface area (Å²) in [4.78, 5) is 17.7. The average Bonchev–Trinajstić information content (AvgIpc) is 2.95. The maximum Gasteiger partial charge on any atom is 0.253 e. The summed E-state index contributed by atoms with van der Waals surface area (Å²) < 4.78 is 47.1. The van der Waals surface area contributed by atoms with Gasteiger partial charge in [0.2, 0.25) is 10.0 Å². The molecule has 3 heterocycles. The van der Waals surface area contributed by atoms with Crippen molar-refractivity contribution in [1.29, 1.82) is 0 Å². The van der Waals surface area contributed by atoms with Gasteiger partial charge in [-0.25, -0.2) is 12.8 Å². The van der Waals surface area contributed by atoms with Gasteiger partial charge in [0.25, 0.3) is 5.91 Å². The zero-order chi connectivity index (χ0) is 25.8. The van der Waals surface area contributed by atoms with Crippen molar-refractivity contribution >= 4 is 15.9 Å². The van der Waals surface area contributed by atoms with Gasteiger partial charge in [0.05, 0.1) is 4.90 Å². The summed E-state index contributed by atoms with van der Waals surface area (Å²) in [5.74, 6) is -0.0394. The van der Waals surface area contributed by atoms with Crippen LogP contribution >= 0.6 is 0 Å². The number of carbonyl (C=O) groups excluding carboxylic acids is 1. The molecular weight excluding hydrogens is 493 g/mol. The number of halogens is 1. The van der Waals surface area contributed by atoms with Crippen LogP contribution in [-0.2, 0) is 10.0 Å². The number of rotatable bonds is 6. The van der Waals surface area contributed by atoms with Crippen molar-refractivity contribution < 1.29 is 22.3 Å². The second-order valence-corrected chi connectivity index (χ2v) is 12.2. The molecule has 0 aromatic heterocycles. The number of ether oxygens (including phenoxy) is 1. The van der Waals surface area contributed by atoms with Crippen molar-refractivity contribution in [3.63, 3.8) is 0 Å². The van der Waals surface area contributed by atoms with E-state index in [1.165, 1.54) is 6.07 Å². The lowest BCUT2D eigenvalue weighted by Crippen LogP contribution is -2.50. The highest BCUT2D eigenvalue weighted by molar-refractivity contribution is 7.89. The first kappa shape index (κ1) is 26.1. The minimum atomic E-state index is -3.50. The standard InChI is InChI=1S/C28H36FN3O4S/c29-26-6-2-3-7-27(26)36-24-14-20-30(21-15-24)23-12-18-31(19-13-23)28(33)22-8-10-25(11-9-22)37(34,35)32-16-4-1-5-17-32/h2-3,6-11,23-24H,1,4-5,12-21H2. The Hall–Kier alpha value is -2.49. The van der Waals surface area contributed by atoms with Gasteiger partial charge in [-0.05, 0) is 74.9 Å². The molecule has 2 aromatic rings. The minimum absolute atomic E-state index is 0.0246. The van der Waals surface area contributed by atoms with E-state index in [0.29, 0.717) is 43.5 Å². The molecule has 3 fully saturated rings. The van der Waals surface area contributed by atoms with E-state index in [-0.39, 0.29) is 22.7 Å². The van der Waals surface area contributed by atoms with Crippen LogP contribution in [0.15, 0.2) is 53.4 Å². The van der Waals surface area contributed by atoms with Crippen molar-refractivity contribution in [1.82, 2.24) is 14.1 Å². The van der Waals surface area contributed by atoms with Gasteiger partial charge in [0.1, 0.15) is 6.10 Å². The third-order valence-electron chi connectivity index (χ3n) is 7.93. The number of hydrogen-bond donors (Lipinski definition) is 0. The molecule has 37 heavy (non-hydrogen) atoms. The third kappa shape index (κ3) is 5.99. The molecule has 2 aromatic carbocycles. The zero-order valence-corrected chi connectivity index (χ0v) is 22.0. The molecule has 200 valence electrons. The molecule has 0 unspecified atom stereocenters. The van der Waals surface area contributed by atoms with Gasteiger partial charge in [-0.1, -0.05) is 18.6 Å². The molecule has 0 aliphatic carbocycles. The molecule has 7 nitrogen and oxygen atoms in total. The van der Waals surface area contributed by atoms with Gasteiger partial charge < -0.3 is 9.64 Å². The first-order valence-corrected chi connectivity index (χ1v) is 14.9. The number of carbonyl (C=O) groups is 1. The van der Waals surface area contributed by atoms with Crippen LogP contribution in [0.25, 0.3) is 0 Å². The molecule has 0 atom stereocenters. The van der Waals surface area contributed by atoms with Crippen molar-refractivity contribution in [2.45, 2.75) is 62.0 Å². The lowest BCUT2D eigenvalue weighted by Gasteiger charge is -2.41. The Bertz CT molecular complexity index is 1170. The van der Waals surface area contributed by atoms with Crippen LogP contribution in [-0.4, -0.2) is 79.8 Å². The molecular formula is C28H36FN3O4S. The number of sulfonamides is 1. The van der Waals surface area contributed by atoms with Crippen molar-refractivity contribution in [3.05, 3.63) is 59.9 Å². The topological polar surface area (TPSA) is 70.2 Å². The Balaban J connectivity index is 1.10. The van der Waals surface area contributed by atoms with Crippen molar-refractivity contribution in [2.75, 3.05) is 39.3 Å². The molecule has 0 N–H and O–H groups in total. The summed E-state index contributed by atoms with van der Waals surface area (Å²) in [5, 5.41) is 0. The van der Waals surface area contributed by atoms with Gasteiger partial charge in [0, 0.05) is 50.9 Å². The van der Waals surface area contributed by atoms with Gasteiger partial charge in [-0.3, -0.25) is 9.69 Å². The maximum atomic E-state index is 13.9. The van der Waals surface area contributed by atoms with E-state index in [4.69, 9.17) is 4.74 Å². The Kier molecular flexibility index (Phi) is 8.12. The Morgan fingerprint density at radius 1 is 0.811 bits per heavy atom. The SMILES string of the molecule is O=C(c1ccc(S(=O)(=O)N2CCCCC2)cc1)N1CCC(N2CCC(Oc3ccccc3F)CC2)CC1. The molecule has 1 amide bonds. The maximum absolute atomic E-state index is 13.9. The highest BCUT2D eigenvalue weighted by Gasteiger charge is 2.31.